The third-order valence-corrected chi connectivity index (χ3v) is 8.66. The molecule has 188 valence electrons. The highest BCUT2D eigenvalue weighted by molar-refractivity contribution is 7.89. The third-order valence-electron chi connectivity index (χ3n) is 6.77. The van der Waals surface area contributed by atoms with Gasteiger partial charge in [0.05, 0.1) is 4.90 Å². The van der Waals surface area contributed by atoms with E-state index in [0.29, 0.717) is 42.3 Å². The van der Waals surface area contributed by atoms with E-state index in [9.17, 15) is 18.0 Å². The molecule has 4 rings (SSSR count). The molecule has 1 N–H and O–H groups in total. The van der Waals surface area contributed by atoms with Gasteiger partial charge in [0, 0.05) is 38.8 Å². The summed E-state index contributed by atoms with van der Waals surface area (Å²) >= 11 is 0. The van der Waals surface area contributed by atoms with Crippen molar-refractivity contribution in [2.24, 2.45) is 5.92 Å². The number of rotatable bonds is 7. The van der Waals surface area contributed by atoms with Gasteiger partial charge < -0.3 is 15.0 Å². The fourth-order valence-corrected chi connectivity index (χ4v) is 6.05. The first-order chi connectivity index (χ1) is 16.7. The van der Waals surface area contributed by atoms with Gasteiger partial charge in [-0.15, -0.1) is 0 Å². The number of hydrogen-bond donors (Lipinski definition) is 1. The van der Waals surface area contributed by atoms with Gasteiger partial charge in [0.2, 0.25) is 15.9 Å². The molecule has 1 saturated heterocycles. The largest absolute Gasteiger partial charge is 0.484 e. The average Bonchev–Trinajstić information content (AvgIpc) is 2.87. The van der Waals surface area contributed by atoms with Crippen LogP contribution in [-0.4, -0.2) is 63.2 Å². The highest BCUT2D eigenvalue weighted by atomic mass is 32.2. The number of piperidine rings is 1. The normalized spacial score (nSPS) is 16.9. The van der Waals surface area contributed by atoms with E-state index in [-0.39, 0.29) is 24.3 Å². The number of fused-ring (bicyclic) bond motifs is 1. The van der Waals surface area contributed by atoms with Crippen LogP contribution >= 0.6 is 0 Å². The van der Waals surface area contributed by atoms with Crippen molar-refractivity contribution in [1.29, 1.82) is 0 Å². The van der Waals surface area contributed by atoms with Gasteiger partial charge >= 0.3 is 0 Å². The number of hydrogen-bond acceptors (Lipinski definition) is 5. The topological polar surface area (TPSA) is 96.0 Å². The van der Waals surface area contributed by atoms with Crippen LogP contribution in [0, 0.1) is 5.92 Å². The van der Waals surface area contributed by atoms with Crippen LogP contribution in [0.3, 0.4) is 0 Å². The molecule has 2 aromatic rings. The number of carbonyl (C=O) groups excluding carboxylic acids is 2. The number of ether oxygens (including phenoxy) is 1. The molecule has 0 atom stereocenters. The number of benzene rings is 2. The SMILES string of the molecule is CN(C)C(=O)COc1ccc(NC(=O)C2CCN(S(=O)(=O)c3ccc4c(c3)CCCC4)CC2)cc1. The van der Waals surface area contributed by atoms with Crippen LogP contribution in [0.4, 0.5) is 5.69 Å². The maximum atomic E-state index is 13.2. The smallest absolute Gasteiger partial charge is 0.259 e. The lowest BCUT2D eigenvalue weighted by molar-refractivity contribution is -0.130. The predicted molar refractivity (Wildman–Crippen MR) is 134 cm³/mol. The molecule has 0 radical (unpaired) electrons. The van der Waals surface area contributed by atoms with Crippen molar-refractivity contribution in [2.45, 2.75) is 43.4 Å². The van der Waals surface area contributed by atoms with Crippen molar-refractivity contribution < 1.29 is 22.7 Å². The summed E-state index contributed by atoms with van der Waals surface area (Å²) in [5.74, 6) is 0.0344. The van der Waals surface area contributed by atoms with Crippen LogP contribution < -0.4 is 10.1 Å². The molecule has 2 amide bonds. The number of anilines is 1. The molecular formula is C26H33N3O5S. The van der Waals surface area contributed by atoms with E-state index in [2.05, 4.69) is 5.32 Å². The molecule has 1 aliphatic carbocycles. The van der Waals surface area contributed by atoms with E-state index in [1.54, 1.807) is 44.4 Å². The lowest BCUT2D eigenvalue weighted by Crippen LogP contribution is -2.41. The van der Waals surface area contributed by atoms with Gasteiger partial charge in [-0.3, -0.25) is 9.59 Å². The van der Waals surface area contributed by atoms with E-state index >= 15 is 0 Å². The molecular weight excluding hydrogens is 466 g/mol. The Kier molecular flexibility index (Phi) is 7.76. The summed E-state index contributed by atoms with van der Waals surface area (Å²) < 4.78 is 33.3. The maximum absolute atomic E-state index is 13.2. The molecule has 0 unspecified atom stereocenters. The van der Waals surface area contributed by atoms with Crippen LogP contribution in [0.5, 0.6) is 5.75 Å². The zero-order chi connectivity index (χ0) is 25.0. The zero-order valence-corrected chi connectivity index (χ0v) is 21.1. The van der Waals surface area contributed by atoms with E-state index < -0.39 is 10.0 Å². The second-order valence-corrected chi connectivity index (χ2v) is 11.3. The van der Waals surface area contributed by atoms with Crippen LogP contribution in [0.2, 0.25) is 0 Å². The van der Waals surface area contributed by atoms with Crippen molar-refractivity contribution in [3.63, 3.8) is 0 Å². The van der Waals surface area contributed by atoms with Crippen LogP contribution in [0.15, 0.2) is 47.4 Å². The summed E-state index contributed by atoms with van der Waals surface area (Å²) in [6.07, 6.45) is 5.16. The summed E-state index contributed by atoms with van der Waals surface area (Å²) in [6.45, 7) is 0.597. The number of aryl methyl sites for hydroxylation is 2. The van der Waals surface area contributed by atoms with E-state index in [0.717, 1.165) is 31.2 Å². The Balaban J connectivity index is 1.30. The van der Waals surface area contributed by atoms with Crippen molar-refractivity contribution in [2.75, 3.05) is 39.1 Å². The maximum Gasteiger partial charge on any atom is 0.259 e. The highest BCUT2D eigenvalue weighted by Gasteiger charge is 2.32. The number of amides is 2. The molecule has 9 heteroatoms. The Morgan fingerprint density at radius 2 is 1.66 bits per heavy atom. The van der Waals surface area contributed by atoms with Crippen molar-refractivity contribution in [3.05, 3.63) is 53.6 Å². The Morgan fingerprint density at radius 3 is 2.31 bits per heavy atom. The van der Waals surface area contributed by atoms with Gasteiger partial charge in [-0.1, -0.05) is 6.07 Å². The molecule has 0 saturated carbocycles. The quantitative estimate of drug-likeness (QED) is 0.632. The molecule has 0 bridgehead atoms. The Bertz CT molecular complexity index is 1170. The van der Waals surface area contributed by atoms with Gasteiger partial charge in [-0.25, -0.2) is 8.42 Å². The fraction of sp³-hybridized carbons (Fsp3) is 0.462. The fourth-order valence-electron chi connectivity index (χ4n) is 4.53. The van der Waals surface area contributed by atoms with Crippen LogP contribution in [0.25, 0.3) is 0 Å². The Morgan fingerprint density at radius 1 is 1.00 bits per heavy atom. The standard InChI is InChI=1S/C26H33N3O5S/c1-28(2)25(30)18-34-23-10-8-22(9-11-23)27-26(31)20-13-15-29(16-14-20)35(32,33)24-12-7-19-5-3-4-6-21(19)17-24/h7-12,17,20H,3-6,13-16,18H2,1-2H3,(H,27,31). The van der Waals surface area contributed by atoms with E-state index in [1.807, 2.05) is 12.1 Å². The van der Waals surface area contributed by atoms with Gasteiger partial charge in [-0.05, 0) is 86.1 Å². The molecule has 35 heavy (non-hydrogen) atoms. The summed E-state index contributed by atoms with van der Waals surface area (Å²) in [6, 6.07) is 12.4. The number of nitrogens with zero attached hydrogens (tertiary/aromatic N) is 2. The number of likely N-dealkylation sites (N-methyl/N-ethyl adjacent to an activating group) is 1. The Labute approximate surface area is 207 Å². The van der Waals surface area contributed by atoms with Crippen LogP contribution in [0.1, 0.15) is 36.8 Å². The molecule has 1 fully saturated rings. The summed E-state index contributed by atoms with van der Waals surface area (Å²) in [5.41, 5.74) is 3.03. The second kappa shape index (κ2) is 10.8. The summed E-state index contributed by atoms with van der Waals surface area (Å²) in [7, 11) is -0.235. The second-order valence-electron chi connectivity index (χ2n) is 9.41. The molecule has 1 heterocycles. The first kappa shape index (κ1) is 25.2. The molecule has 0 spiro atoms. The predicted octanol–water partition coefficient (Wildman–Crippen LogP) is 3.07. The first-order valence-electron chi connectivity index (χ1n) is 12.1. The minimum atomic E-state index is -3.56. The Hall–Kier alpha value is -2.91. The first-order valence-corrected chi connectivity index (χ1v) is 13.5. The van der Waals surface area contributed by atoms with E-state index in [1.165, 1.54) is 14.8 Å². The third kappa shape index (κ3) is 6.02. The van der Waals surface area contributed by atoms with Crippen LogP contribution in [-0.2, 0) is 32.5 Å². The van der Waals surface area contributed by atoms with Gasteiger partial charge in [0.15, 0.2) is 6.61 Å². The lowest BCUT2D eigenvalue weighted by Gasteiger charge is -2.31. The monoisotopic (exact) mass is 499 g/mol. The molecule has 8 nitrogen and oxygen atoms in total. The molecule has 2 aliphatic rings. The minimum Gasteiger partial charge on any atom is -0.484 e. The van der Waals surface area contributed by atoms with Crippen molar-refractivity contribution in [1.82, 2.24) is 9.21 Å². The minimum absolute atomic E-state index is 0.0500. The van der Waals surface area contributed by atoms with Gasteiger partial charge in [0.25, 0.3) is 5.91 Å². The average molecular weight is 500 g/mol. The molecule has 0 aromatic heterocycles. The number of carbonyl (C=O) groups is 2. The van der Waals surface area contributed by atoms with Gasteiger partial charge in [-0.2, -0.15) is 4.31 Å². The lowest BCUT2D eigenvalue weighted by atomic mass is 9.92. The van der Waals surface area contributed by atoms with Crippen molar-refractivity contribution >= 4 is 27.5 Å². The number of sulfonamides is 1. The molecule has 2 aromatic carbocycles. The molecule has 1 aliphatic heterocycles. The number of nitrogens with one attached hydrogen (secondary N) is 1. The highest BCUT2D eigenvalue weighted by Crippen LogP contribution is 2.28. The van der Waals surface area contributed by atoms with E-state index in [4.69, 9.17) is 4.74 Å². The summed E-state index contributed by atoms with van der Waals surface area (Å²) in [4.78, 5) is 26.2. The van der Waals surface area contributed by atoms with Gasteiger partial charge in [0.1, 0.15) is 5.75 Å². The summed E-state index contributed by atoms with van der Waals surface area (Å²) in [5, 5.41) is 2.90. The van der Waals surface area contributed by atoms with Crippen molar-refractivity contribution in [3.8, 4) is 5.75 Å². The zero-order valence-electron chi connectivity index (χ0n) is 20.3.